The molecule has 1 amide bonds. The van der Waals surface area contributed by atoms with Crippen LogP contribution in [0, 0.1) is 0 Å². The van der Waals surface area contributed by atoms with E-state index in [-0.39, 0.29) is 5.91 Å². The first-order valence-corrected chi connectivity index (χ1v) is 6.89. The van der Waals surface area contributed by atoms with Crippen molar-refractivity contribution in [2.24, 2.45) is 0 Å². The highest BCUT2D eigenvalue weighted by Gasteiger charge is 2.24. The summed E-state index contributed by atoms with van der Waals surface area (Å²) in [6.07, 6.45) is 5.14. The smallest absolute Gasteiger partial charge is 0.259 e. The summed E-state index contributed by atoms with van der Waals surface area (Å²) in [5.41, 5.74) is 3.23. The van der Waals surface area contributed by atoms with Crippen LogP contribution < -0.4 is 10.6 Å². The zero-order valence-electron chi connectivity index (χ0n) is 11.6. The lowest BCUT2D eigenvalue weighted by Gasteiger charge is -2.04. The maximum Gasteiger partial charge on any atom is 0.259 e. The SMILES string of the molecule is O=C1Nc2ncccc2C1=CNc1ccc2ncccc2c1. The van der Waals surface area contributed by atoms with Crippen LogP contribution >= 0.6 is 0 Å². The first-order chi connectivity index (χ1) is 10.8. The van der Waals surface area contributed by atoms with Crippen LogP contribution in [-0.2, 0) is 4.79 Å². The third kappa shape index (κ3) is 2.09. The summed E-state index contributed by atoms with van der Waals surface area (Å²) in [5.74, 6) is 0.451. The maximum absolute atomic E-state index is 12.0. The molecule has 0 saturated carbocycles. The van der Waals surface area contributed by atoms with Crippen molar-refractivity contribution in [2.45, 2.75) is 0 Å². The number of fused-ring (bicyclic) bond motifs is 2. The Balaban J connectivity index is 1.67. The van der Waals surface area contributed by atoms with Crippen molar-refractivity contribution in [1.82, 2.24) is 9.97 Å². The van der Waals surface area contributed by atoms with Gasteiger partial charge in [0.1, 0.15) is 5.82 Å². The third-order valence-corrected chi connectivity index (χ3v) is 3.56. The van der Waals surface area contributed by atoms with Crippen LogP contribution in [0.3, 0.4) is 0 Å². The van der Waals surface area contributed by atoms with Crippen LogP contribution in [0.4, 0.5) is 11.5 Å². The molecule has 3 heterocycles. The van der Waals surface area contributed by atoms with Crippen LogP contribution in [0.15, 0.2) is 61.1 Å². The first kappa shape index (κ1) is 12.5. The second kappa shape index (κ2) is 4.96. The summed E-state index contributed by atoms with van der Waals surface area (Å²) in [6, 6.07) is 13.5. The van der Waals surface area contributed by atoms with E-state index in [9.17, 15) is 4.79 Å². The Kier molecular flexibility index (Phi) is 2.83. The quantitative estimate of drug-likeness (QED) is 0.711. The Morgan fingerprint density at radius 1 is 1.05 bits per heavy atom. The molecule has 1 aliphatic heterocycles. The lowest BCUT2D eigenvalue weighted by Crippen LogP contribution is -2.05. The van der Waals surface area contributed by atoms with E-state index < -0.39 is 0 Å². The van der Waals surface area contributed by atoms with Gasteiger partial charge in [-0.2, -0.15) is 0 Å². The van der Waals surface area contributed by atoms with Crippen LogP contribution in [-0.4, -0.2) is 15.9 Å². The van der Waals surface area contributed by atoms with Crippen LogP contribution in [0.5, 0.6) is 0 Å². The molecule has 2 aromatic heterocycles. The van der Waals surface area contributed by atoms with Gasteiger partial charge < -0.3 is 10.6 Å². The van der Waals surface area contributed by atoms with Crippen LogP contribution in [0.2, 0.25) is 0 Å². The fourth-order valence-electron chi connectivity index (χ4n) is 2.48. The van der Waals surface area contributed by atoms with Crippen molar-refractivity contribution in [3.05, 3.63) is 66.6 Å². The third-order valence-electron chi connectivity index (χ3n) is 3.56. The van der Waals surface area contributed by atoms with Gasteiger partial charge in [0.25, 0.3) is 5.91 Å². The van der Waals surface area contributed by atoms with Gasteiger partial charge in [0, 0.05) is 35.2 Å². The summed E-state index contributed by atoms with van der Waals surface area (Å²) >= 11 is 0. The van der Waals surface area contributed by atoms with Gasteiger partial charge in [-0.15, -0.1) is 0 Å². The largest absolute Gasteiger partial charge is 0.361 e. The van der Waals surface area contributed by atoms with Crippen molar-refractivity contribution >= 4 is 33.9 Å². The van der Waals surface area contributed by atoms with Crippen molar-refractivity contribution in [3.8, 4) is 0 Å². The molecular formula is C17H12N4O. The molecule has 0 bridgehead atoms. The zero-order valence-corrected chi connectivity index (χ0v) is 11.6. The molecule has 1 aliphatic rings. The van der Waals surface area contributed by atoms with Crippen molar-refractivity contribution < 1.29 is 4.79 Å². The Morgan fingerprint density at radius 3 is 2.86 bits per heavy atom. The molecular weight excluding hydrogens is 276 g/mol. The lowest BCUT2D eigenvalue weighted by molar-refractivity contribution is -0.110. The highest BCUT2D eigenvalue weighted by molar-refractivity contribution is 6.31. The molecule has 5 heteroatoms. The topological polar surface area (TPSA) is 66.9 Å². The second-order valence-electron chi connectivity index (χ2n) is 4.97. The number of carbonyl (C=O) groups excluding carboxylic acids is 1. The van der Waals surface area contributed by atoms with Gasteiger partial charge >= 0.3 is 0 Å². The average Bonchev–Trinajstić information content (AvgIpc) is 2.88. The highest BCUT2D eigenvalue weighted by atomic mass is 16.2. The average molecular weight is 288 g/mol. The van der Waals surface area contributed by atoms with Crippen molar-refractivity contribution in [2.75, 3.05) is 10.6 Å². The zero-order chi connectivity index (χ0) is 14.9. The number of amides is 1. The fraction of sp³-hybridized carbons (Fsp3) is 0. The Morgan fingerprint density at radius 2 is 1.91 bits per heavy atom. The predicted octanol–water partition coefficient (Wildman–Crippen LogP) is 3.03. The molecule has 0 aliphatic carbocycles. The van der Waals surface area contributed by atoms with E-state index in [0.29, 0.717) is 11.4 Å². The molecule has 2 N–H and O–H groups in total. The minimum Gasteiger partial charge on any atom is -0.361 e. The van der Waals surface area contributed by atoms with E-state index in [1.165, 1.54) is 0 Å². The monoisotopic (exact) mass is 288 g/mol. The number of anilines is 2. The van der Waals surface area contributed by atoms with Gasteiger partial charge in [0.2, 0.25) is 0 Å². The summed E-state index contributed by atoms with van der Waals surface area (Å²) in [5, 5.41) is 6.96. The minimum atomic E-state index is -0.149. The molecule has 0 atom stereocenters. The summed E-state index contributed by atoms with van der Waals surface area (Å²) in [7, 11) is 0. The number of hydrogen-bond acceptors (Lipinski definition) is 4. The first-order valence-electron chi connectivity index (χ1n) is 6.89. The van der Waals surface area contributed by atoms with Gasteiger partial charge in [-0.25, -0.2) is 4.98 Å². The molecule has 0 fully saturated rings. The Labute approximate surface area is 126 Å². The van der Waals surface area contributed by atoms with E-state index in [0.717, 1.165) is 22.2 Å². The van der Waals surface area contributed by atoms with Crippen LogP contribution in [0.25, 0.3) is 16.5 Å². The van der Waals surface area contributed by atoms with Gasteiger partial charge in [-0.05, 0) is 36.4 Å². The number of rotatable bonds is 2. The number of benzene rings is 1. The van der Waals surface area contributed by atoms with E-state index in [4.69, 9.17) is 0 Å². The van der Waals surface area contributed by atoms with E-state index in [2.05, 4.69) is 20.6 Å². The number of pyridine rings is 2. The normalized spacial score (nSPS) is 14.9. The second-order valence-corrected chi connectivity index (χ2v) is 4.97. The van der Waals surface area contributed by atoms with E-state index >= 15 is 0 Å². The molecule has 0 spiro atoms. The molecule has 22 heavy (non-hydrogen) atoms. The molecule has 106 valence electrons. The fourth-order valence-corrected chi connectivity index (χ4v) is 2.48. The molecule has 0 saturated heterocycles. The van der Waals surface area contributed by atoms with Crippen LogP contribution in [0.1, 0.15) is 5.56 Å². The number of carbonyl (C=O) groups is 1. The Bertz CT molecular complexity index is 917. The summed E-state index contributed by atoms with van der Waals surface area (Å²) < 4.78 is 0. The highest BCUT2D eigenvalue weighted by Crippen LogP contribution is 2.29. The number of nitrogens with one attached hydrogen (secondary N) is 2. The van der Waals surface area contributed by atoms with Gasteiger partial charge in [-0.1, -0.05) is 6.07 Å². The predicted molar refractivity (Wildman–Crippen MR) is 86.2 cm³/mol. The van der Waals surface area contributed by atoms with Crippen molar-refractivity contribution in [1.29, 1.82) is 0 Å². The molecule has 5 nitrogen and oxygen atoms in total. The summed E-state index contributed by atoms with van der Waals surface area (Å²) in [4.78, 5) is 20.4. The summed E-state index contributed by atoms with van der Waals surface area (Å²) in [6.45, 7) is 0. The molecule has 3 aromatic rings. The number of aromatic nitrogens is 2. The van der Waals surface area contributed by atoms with E-state index in [1.54, 1.807) is 18.6 Å². The lowest BCUT2D eigenvalue weighted by atomic mass is 10.1. The van der Waals surface area contributed by atoms with Gasteiger partial charge in [0.05, 0.1) is 11.1 Å². The molecule has 0 unspecified atom stereocenters. The number of nitrogens with zero attached hydrogens (tertiary/aromatic N) is 2. The van der Waals surface area contributed by atoms with Gasteiger partial charge in [0.15, 0.2) is 0 Å². The van der Waals surface area contributed by atoms with Gasteiger partial charge in [-0.3, -0.25) is 9.78 Å². The standard InChI is InChI=1S/C17H12N4O/c22-17-14(13-4-2-8-19-16(13)21-17)10-20-12-5-6-15-11(9-12)3-1-7-18-15/h1-10,20H,(H,19,21,22). The maximum atomic E-state index is 12.0. The Hall–Kier alpha value is -3.21. The molecule has 0 radical (unpaired) electrons. The van der Waals surface area contributed by atoms with E-state index in [1.807, 2.05) is 42.5 Å². The number of hydrogen-bond donors (Lipinski definition) is 2. The minimum absolute atomic E-state index is 0.149. The molecule has 4 rings (SSSR count). The van der Waals surface area contributed by atoms with Crippen molar-refractivity contribution in [3.63, 3.8) is 0 Å². The molecule has 1 aromatic carbocycles.